The van der Waals surface area contributed by atoms with Crippen LogP contribution >= 0.6 is 0 Å². The lowest BCUT2D eigenvalue weighted by atomic mass is 9.91. The van der Waals surface area contributed by atoms with E-state index in [0.717, 1.165) is 12.0 Å². The fourth-order valence-corrected chi connectivity index (χ4v) is 3.56. The largest absolute Gasteiger partial charge is 0.403 e. The van der Waals surface area contributed by atoms with Crippen LogP contribution in [0.2, 0.25) is 0 Å². The molecule has 0 bridgehead atoms. The highest BCUT2D eigenvalue weighted by molar-refractivity contribution is 5.87. The van der Waals surface area contributed by atoms with Gasteiger partial charge in [0.05, 0.1) is 0 Å². The van der Waals surface area contributed by atoms with Crippen LogP contribution in [0.5, 0.6) is 0 Å². The van der Waals surface area contributed by atoms with Crippen molar-refractivity contribution in [2.24, 2.45) is 5.92 Å². The van der Waals surface area contributed by atoms with Gasteiger partial charge in [0.25, 0.3) is 0 Å². The number of nitrogens with one attached hydrogen (secondary N) is 1. The Morgan fingerprint density at radius 1 is 1.17 bits per heavy atom. The van der Waals surface area contributed by atoms with E-state index < -0.39 is 0 Å². The van der Waals surface area contributed by atoms with Gasteiger partial charge in [0.1, 0.15) is 0 Å². The van der Waals surface area contributed by atoms with Gasteiger partial charge in [0.2, 0.25) is 5.89 Å². The second-order valence-electron chi connectivity index (χ2n) is 7.44. The van der Waals surface area contributed by atoms with Crippen LogP contribution in [0, 0.1) is 12.8 Å². The molecule has 1 N–H and O–H groups in total. The maximum Gasteiger partial charge on any atom is 0.325 e. The lowest BCUT2D eigenvalue weighted by molar-refractivity contribution is 0.197. The molecule has 0 aliphatic carbocycles. The molecule has 3 aromatic rings. The summed E-state index contributed by atoms with van der Waals surface area (Å²) >= 11 is 0. The van der Waals surface area contributed by atoms with Crippen molar-refractivity contribution in [3.05, 3.63) is 71.3 Å². The second-order valence-corrected chi connectivity index (χ2v) is 7.44. The average Bonchev–Trinajstić information content (AvgIpc) is 3.19. The van der Waals surface area contributed by atoms with E-state index in [2.05, 4.69) is 59.7 Å². The lowest BCUT2D eigenvalue weighted by Crippen LogP contribution is -2.42. The van der Waals surface area contributed by atoms with Gasteiger partial charge in [-0.25, -0.2) is 4.79 Å². The molecule has 0 saturated carbocycles. The van der Waals surface area contributed by atoms with Gasteiger partial charge in [-0.15, -0.1) is 5.10 Å². The standard InChI is InChI=1S/C23H24N4O2/c1-16-7-6-8-18(13-16)14-20-11-12-27(15-17(20)2)23(28)24-22-26-25-21(29-22)19-9-4-3-5-10-19/h3-10,13-14,17H,11-12,15H2,1-2H3,(H,24,26,28). The summed E-state index contributed by atoms with van der Waals surface area (Å²) < 4.78 is 5.58. The number of aryl methyl sites for hydroxylation is 1. The molecule has 29 heavy (non-hydrogen) atoms. The Kier molecular flexibility index (Phi) is 5.42. The first-order chi connectivity index (χ1) is 14.1. The van der Waals surface area contributed by atoms with Crippen molar-refractivity contribution in [1.29, 1.82) is 0 Å². The number of rotatable bonds is 3. The van der Waals surface area contributed by atoms with E-state index >= 15 is 0 Å². The Morgan fingerprint density at radius 3 is 2.76 bits per heavy atom. The number of carbonyl (C=O) groups excluding carboxylic acids is 1. The van der Waals surface area contributed by atoms with Crippen LogP contribution in [0.4, 0.5) is 10.8 Å². The molecule has 4 rings (SSSR count). The highest BCUT2D eigenvalue weighted by atomic mass is 16.4. The van der Waals surface area contributed by atoms with E-state index in [9.17, 15) is 4.79 Å². The molecule has 1 atom stereocenters. The third kappa shape index (κ3) is 4.54. The normalized spacial score (nSPS) is 18.1. The minimum absolute atomic E-state index is 0.114. The molecule has 0 radical (unpaired) electrons. The number of amides is 2. The summed E-state index contributed by atoms with van der Waals surface area (Å²) in [5, 5.41) is 10.7. The first-order valence-electron chi connectivity index (χ1n) is 9.80. The van der Waals surface area contributed by atoms with Gasteiger partial charge in [-0.2, -0.15) is 0 Å². The van der Waals surface area contributed by atoms with Crippen LogP contribution in [0.25, 0.3) is 17.5 Å². The van der Waals surface area contributed by atoms with Gasteiger partial charge >= 0.3 is 12.0 Å². The number of hydrogen-bond acceptors (Lipinski definition) is 4. The summed E-state index contributed by atoms with van der Waals surface area (Å²) in [5.41, 5.74) is 4.64. The van der Waals surface area contributed by atoms with Crippen LogP contribution in [-0.4, -0.2) is 34.2 Å². The number of nitrogens with zero attached hydrogens (tertiary/aromatic N) is 3. The maximum absolute atomic E-state index is 12.6. The lowest BCUT2D eigenvalue weighted by Gasteiger charge is -2.32. The quantitative estimate of drug-likeness (QED) is 0.685. The van der Waals surface area contributed by atoms with Gasteiger partial charge in [-0.05, 0) is 37.0 Å². The number of benzene rings is 2. The second kappa shape index (κ2) is 8.31. The van der Waals surface area contributed by atoms with E-state index in [1.165, 1.54) is 16.7 Å². The third-order valence-electron chi connectivity index (χ3n) is 5.14. The van der Waals surface area contributed by atoms with E-state index in [1.54, 1.807) is 4.90 Å². The number of carbonyl (C=O) groups is 1. The molecule has 1 aliphatic rings. The van der Waals surface area contributed by atoms with Crippen molar-refractivity contribution < 1.29 is 9.21 Å². The van der Waals surface area contributed by atoms with Gasteiger partial charge in [-0.3, -0.25) is 5.32 Å². The summed E-state index contributed by atoms with van der Waals surface area (Å²) in [7, 11) is 0. The molecule has 1 unspecified atom stereocenters. The van der Waals surface area contributed by atoms with E-state index in [1.807, 2.05) is 30.3 Å². The molecule has 2 amide bonds. The zero-order chi connectivity index (χ0) is 20.2. The number of aromatic nitrogens is 2. The van der Waals surface area contributed by atoms with Crippen molar-refractivity contribution in [1.82, 2.24) is 15.1 Å². The van der Waals surface area contributed by atoms with Crippen molar-refractivity contribution in [2.75, 3.05) is 18.4 Å². The molecular weight excluding hydrogens is 364 g/mol. The van der Waals surface area contributed by atoms with Crippen molar-refractivity contribution in [2.45, 2.75) is 20.3 Å². The van der Waals surface area contributed by atoms with Gasteiger partial charge in [0.15, 0.2) is 0 Å². The van der Waals surface area contributed by atoms with Crippen LogP contribution in [-0.2, 0) is 0 Å². The Balaban J connectivity index is 1.38. The number of piperidine rings is 1. The fourth-order valence-electron chi connectivity index (χ4n) is 3.56. The zero-order valence-electron chi connectivity index (χ0n) is 16.6. The van der Waals surface area contributed by atoms with Crippen LogP contribution < -0.4 is 5.32 Å². The van der Waals surface area contributed by atoms with Crippen LogP contribution in [0.3, 0.4) is 0 Å². The first kappa shape index (κ1) is 18.9. The SMILES string of the molecule is Cc1cccc(C=C2CCN(C(=O)Nc3nnc(-c4ccccc4)o3)CC2C)c1. The molecule has 2 aromatic carbocycles. The number of anilines is 1. The summed E-state index contributed by atoms with van der Waals surface area (Å²) in [6.45, 7) is 5.57. The van der Waals surface area contributed by atoms with E-state index in [0.29, 0.717) is 19.0 Å². The van der Waals surface area contributed by atoms with Crippen LogP contribution in [0.15, 0.2) is 64.6 Å². The molecule has 2 heterocycles. The first-order valence-corrected chi connectivity index (χ1v) is 9.80. The van der Waals surface area contributed by atoms with Crippen molar-refractivity contribution in [3.63, 3.8) is 0 Å². The predicted octanol–water partition coefficient (Wildman–Crippen LogP) is 5.00. The topological polar surface area (TPSA) is 71.3 Å². The molecule has 6 heteroatoms. The zero-order valence-corrected chi connectivity index (χ0v) is 16.6. The van der Waals surface area contributed by atoms with E-state index in [4.69, 9.17) is 4.42 Å². The van der Waals surface area contributed by atoms with Gasteiger partial charge < -0.3 is 9.32 Å². The molecule has 6 nitrogen and oxygen atoms in total. The molecule has 1 fully saturated rings. The van der Waals surface area contributed by atoms with Crippen molar-refractivity contribution >= 4 is 18.1 Å². The summed E-state index contributed by atoms with van der Waals surface area (Å²) in [6, 6.07) is 17.8. The summed E-state index contributed by atoms with van der Waals surface area (Å²) in [4.78, 5) is 14.4. The minimum Gasteiger partial charge on any atom is -0.403 e. The summed E-state index contributed by atoms with van der Waals surface area (Å²) in [5.74, 6) is 0.675. The van der Waals surface area contributed by atoms with Gasteiger partial charge in [0, 0.05) is 18.7 Å². The van der Waals surface area contributed by atoms with Gasteiger partial charge in [-0.1, -0.05) is 71.7 Å². The van der Waals surface area contributed by atoms with E-state index in [-0.39, 0.29) is 18.0 Å². The molecule has 1 aromatic heterocycles. The molecule has 0 spiro atoms. The summed E-state index contributed by atoms with van der Waals surface area (Å²) in [6.07, 6.45) is 3.10. The predicted molar refractivity (Wildman–Crippen MR) is 113 cm³/mol. The molecular formula is C23H24N4O2. The molecule has 1 saturated heterocycles. The average molecular weight is 388 g/mol. The Morgan fingerprint density at radius 2 is 2.00 bits per heavy atom. The highest BCUT2D eigenvalue weighted by Gasteiger charge is 2.25. The number of urea groups is 1. The maximum atomic E-state index is 12.6. The number of hydrogen-bond donors (Lipinski definition) is 1. The number of likely N-dealkylation sites (tertiary alicyclic amines) is 1. The molecule has 1 aliphatic heterocycles. The monoisotopic (exact) mass is 388 g/mol. The Bertz CT molecular complexity index is 1030. The van der Waals surface area contributed by atoms with Crippen molar-refractivity contribution in [3.8, 4) is 11.5 Å². The Hall–Kier alpha value is -3.41. The highest BCUT2D eigenvalue weighted by Crippen LogP contribution is 2.26. The third-order valence-corrected chi connectivity index (χ3v) is 5.14. The Labute approximate surface area is 170 Å². The van der Waals surface area contributed by atoms with Crippen LogP contribution in [0.1, 0.15) is 24.5 Å². The minimum atomic E-state index is -0.213. The molecule has 148 valence electrons. The smallest absolute Gasteiger partial charge is 0.325 e. The fraction of sp³-hybridized carbons (Fsp3) is 0.261.